The summed E-state index contributed by atoms with van der Waals surface area (Å²) < 4.78 is 0. The first-order valence-corrected chi connectivity index (χ1v) is 8.05. The van der Waals surface area contributed by atoms with Crippen molar-refractivity contribution in [3.8, 4) is 0 Å². The summed E-state index contributed by atoms with van der Waals surface area (Å²) in [4.78, 5) is 0. The molecule has 0 bridgehead atoms. The highest BCUT2D eigenvalue weighted by Gasteiger charge is 2.12. The molecule has 0 fully saturated rings. The zero-order valence-corrected chi connectivity index (χ0v) is 12.3. The summed E-state index contributed by atoms with van der Waals surface area (Å²) in [6.45, 7) is 7.04. The molecule has 0 heterocycles. The molecule has 1 aromatic carbocycles. The molecule has 2 atom stereocenters. The van der Waals surface area contributed by atoms with E-state index in [9.17, 15) is 0 Å². The molecule has 0 aliphatic rings. The molecule has 0 saturated heterocycles. The lowest BCUT2D eigenvalue weighted by molar-refractivity contribution is 0.330. The summed E-state index contributed by atoms with van der Waals surface area (Å²) >= 11 is 2.08. The van der Waals surface area contributed by atoms with E-state index in [1.165, 1.54) is 30.6 Å². The second-order valence-electron chi connectivity index (χ2n) is 4.88. The summed E-state index contributed by atoms with van der Waals surface area (Å²) in [5.41, 5.74) is 1.45. The minimum Gasteiger partial charge on any atom is -0.157 e. The normalized spacial score (nSPS) is 14.5. The Morgan fingerprint density at radius 2 is 1.76 bits per heavy atom. The fourth-order valence-electron chi connectivity index (χ4n) is 2.22. The maximum atomic E-state index is 2.40. The molecule has 0 saturated carbocycles. The number of benzene rings is 1. The molecule has 1 heteroatoms. The summed E-state index contributed by atoms with van der Waals surface area (Å²) in [6, 6.07) is 10.8. The van der Waals surface area contributed by atoms with Gasteiger partial charge in [-0.05, 0) is 29.6 Å². The van der Waals surface area contributed by atoms with E-state index in [1.807, 2.05) is 0 Å². The zero-order valence-electron chi connectivity index (χ0n) is 11.5. The molecule has 0 N–H and O–H groups in total. The fraction of sp³-hybridized carbons (Fsp3) is 0.625. The molecule has 0 aromatic heterocycles. The fourth-order valence-corrected chi connectivity index (χ4v) is 3.27. The van der Waals surface area contributed by atoms with Gasteiger partial charge >= 0.3 is 0 Å². The van der Waals surface area contributed by atoms with Crippen LogP contribution in [-0.2, 0) is 5.75 Å². The highest BCUT2D eigenvalue weighted by molar-refractivity contribution is 7.98. The average molecular weight is 250 g/mol. The lowest BCUT2D eigenvalue weighted by Gasteiger charge is -2.21. The highest BCUT2D eigenvalue weighted by Crippen LogP contribution is 2.25. The lowest BCUT2D eigenvalue weighted by Crippen LogP contribution is -2.10. The van der Waals surface area contributed by atoms with E-state index in [0.717, 1.165) is 17.6 Å². The van der Waals surface area contributed by atoms with E-state index < -0.39 is 0 Å². The minimum absolute atomic E-state index is 0.886. The van der Waals surface area contributed by atoms with Crippen molar-refractivity contribution in [1.29, 1.82) is 0 Å². The lowest BCUT2D eigenvalue weighted by atomic mass is 9.88. The molecule has 2 unspecified atom stereocenters. The first-order chi connectivity index (χ1) is 8.27. The number of rotatable bonds is 8. The molecular weight excluding hydrogens is 224 g/mol. The predicted octanol–water partition coefficient (Wildman–Crippen LogP) is 5.38. The van der Waals surface area contributed by atoms with Crippen molar-refractivity contribution in [3.05, 3.63) is 35.9 Å². The topological polar surface area (TPSA) is 0 Å². The monoisotopic (exact) mass is 250 g/mol. The highest BCUT2D eigenvalue weighted by atomic mass is 32.2. The van der Waals surface area contributed by atoms with Crippen LogP contribution < -0.4 is 0 Å². The largest absolute Gasteiger partial charge is 0.157 e. The molecule has 0 amide bonds. The van der Waals surface area contributed by atoms with Gasteiger partial charge in [-0.15, -0.1) is 0 Å². The van der Waals surface area contributed by atoms with Crippen LogP contribution in [0, 0.1) is 11.8 Å². The van der Waals surface area contributed by atoms with Crippen molar-refractivity contribution in [2.45, 2.75) is 45.8 Å². The van der Waals surface area contributed by atoms with Gasteiger partial charge in [0.25, 0.3) is 0 Å². The summed E-state index contributed by atoms with van der Waals surface area (Å²) in [5.74, 6) is 4.27. The Bertz CT molecular complexity index is 281. The van der Waals surface area contributed by atoms with Crippen LogP contribution in [0.1, 0.15) is 45.6 Å². The number of hydrogen-bond acceptors (Lipinski definition) is 1. The van der Waals surface area contributed by atoms with E-state index >= 15 is 0 Å². The summed E-state index contributed by atoms with van der Waals surface area (Å²) in [7, 11) is 0. The second kappa shape index (κ2) is 8.63. The molecule has 17 heavy (non-hydrogen) atoms. The van der Waals surface area contributed by atoms with Crippen LogP contribution in [0.15, 0.2) is 30.3 Å². The number of hydrogen-bond donors (Lipinski definition) is 0. The Hall–Kier alpha value is -0.430. The van der Waals surface area contributed by atoms with Gasteiger partial charge in [0.2, 0.25) is 0 Å². The molecule has 1 rings (SSSR count). The Morgan fingerprint density at radius 1 is 1.06 bits per heavy atom. The van der Waals surface area contributed by atoms with Gasteiger partial charge in [0.1, 0.15) is 0 Å². The standard InChI is InChI=1S/C16H26S/c1-4-14(3)16(5-2)11-12-17-13-15-9-7-6-8-10-15/h6-10,14,16H,4-5,11-13H2,1-3H3. The van der Waals surface area contributed by atoms with E-state index in [-0.39, 0.29) is 0 Å². The van der Waals surface area contributed by atoms with Gasteiger partial charge in [-0.3, -0.25) is 0 Å². The molecule has 0 radical (unpaired) electrons. The summed E-state index contributed by atoms with van der Waals surface area (Å²) in [6.07, 6.45) is 4.03. The zero-order chi connectivity index (χ0) is 12.5. The Kier molecular flexibility index (Phi) is 7.43. The van der Waals surface area contributed by atoms with E-state index in [1.54, 1.807) is 0 Å². The average Bonchev–Trinajstić information content (AvgIpc) is 2.39. The van der Waals surface area contributed by atoms with Gasteiger partial charge in [-0.1, -0.05) is 63.9 Å². The molecule has 96 valence electrons. The van der Waals surface area contributed by atoms with Gasteiger partial charge in [-0.2, -0.15) is 11.8 Å². The van der Waals surface area contributed by atoms with Crippen LogP contribution in [-0.4, -0.2) is 5.75 Å². The molecular formula is C16H26S. The summed E-state index contributed by atoms with van der Waals surface area (Å²) in [5, 5.41) is 0. The maximum Gasteiger partial charge on any atom is 0.0184 e. The Labute approximate surface area is 111 Å². The van der Waals surface area contributed by atoms with E-state index in [2.05, 4.69) is 62.9 Å². The van der Waals surface area contributed by atoms with Crippen molar-refractivity contribution in [2.75, 3.05) is 5.75 Å². The van der Waals surface area contributed by atoms with Gasteiger partial charge in [0, 0.05) is 5.75 Å². The first kappa shape index (κ1) is 14.6. The van der Waals surface area contributed by atoms with Crippen LogP contribution in [0.2, 0.25) is 0 Å². The van der Waals surface area contributed by atoms with Crippen molar-refractivity contribution < 1.29 is 0 Å². The molecule has 0 nitrogen and oxygen atoms in total. The molecule has 0 aliphatic heterocycles. The smallest absolute Gasteiger partial charge is 0.0184 e. The third kappa shape index (κ3) is 5.63. The maximum absolute atomic E-state index is 2.40. The molecule has 0 spiro atoms. The first-order valence-electron chi connectivity index (χ1n) is 6.89. The van der Waals surface area contributed by atoms with E-state index in [0.29, 0.717) is 0 Å². The molecule has 0 aliphatic carbocycles. The van der Waals surface area contributed by atoms with Crippen molar-refractivity contribution >= 4 is 11.8 Å². The van der Waals surface area contributed by atoms with Crippen LogP contribution >= 0.6 is 11.8 Å². The van der Waals surface area contributed by atoms with Crippen LogP contribution in [0.25, 0.3) is 0 Å². The van der Waals surface area contributed by atoms with Crippen LogP contribution in [0.4, 0.5) is 0 Å². The van der Waals surface area contributed by atoms with Crippen molar-refractivity contribution in [1.82, 2.24) is 0 Å². The number of thioether (sulfide) groups is 1. The quantitative estimate of drug-likeness (QED) is 0.558. The van der Waals surface area contributed by atoms with Gasteiger partial charge < -0.3 is 0 Å². The van der Waals surface area contributed by atoms with E-state index in [4.69, 9.17) is 0 Å². The second-order valence-corrected chi connectivity index (χ2v) is 5.99. The Balaban J connectivity index is 2.19. The van der Waals surface area contributed by atoms with Crippen molar-refractivity contribution in [2.24, 2.45) is 11.8 Å². The third-order valence-electron chi connectivity index (χ3n) is 3.72. The van der Waals surface area contributed by atoms with Crippen LogP contribution in [0.5, 0.6) is 0 Å². The minimum atomic E-state index is 0.886. The SMILES string of the molecule is CCC(C)C(CC)CCSCc1ccccc1. The van der Waals surface area contributed by atoms with Gasteiger partial charge in [-0.25, -0.2) is 0 Å². The Morgan fingerprint density at radius 3 is 2.35 bits per heavy atom. The van der Waals surface area contributed by atoms with Crippen LogP contribution in [0.3, 0.4) is 0 Å². The predicted molar refractivity (Wildman–Crippen MR) is 80.5 cm³/mol. The van der Waals surface area contributed by atoms with Gasteiger partial charge in [0.05, 0.1) is 0 Å². The molecule has 1 aromatic rings. The third-order valence-corrected chi connectivity index (χ3v) is 4.78. The van der Waals surface area contributed by atoms with Crippen molar-refractivity contribution in [3.63, 3.8) is 0 Å². The van der Waals surface area contributed by atoms with Gasteiger partial charge in [0.15, 0.2) is 0 Å².